The SMILES string of the molecule is CCC(C(=O)OC)n1c(C)ccc(C(C)=O)c1=O. The van der Waals surface area contributed by atoms with Crippen molar-refractivity contribution in [3.05, 3.63) is 33.7 Å². The van der Waals surface area contributed by atoms with Crippen LogP contribution in [-0.2, 0) is 9.53 Å². The summed E-state index contributed by atoms with van der Waals surface area (Å²) in [5, 5.41) is 0. The second-order valence-corrected chi connectivity index (χ2v) is 4.07. The maximum absolute atomic E-state index is 12.2. The van der Waals surface area contributed by atoms with Crippen molar-refractivity contribution >= 4 is 11.8 Å². The van der Waals surface area contributed by atoms with Gasteiger partial charge in [-0.15, -0.1) is 0 Å². The van der Waals surface area contributed by atoms with Gasteiger partial charge in [0.05, 0.1) is 12.7 Å². The molecule has 1 aromatic rings. The Hall–Kier alpha value is -1.91. The van der Waals surface area contributed by atoms with Crippen LogP contribution in [0, 0.1) is 6.92 Å². The van der Waals surface area contributed by atoms with Crippen molar-refractivity contribution in [1.29, 1.82) is 0 Å². The van der Waals surface area contributed by atoms with Crippen LogP contribution in [0.25, 0.3) is 0 Å². The van der Waals surface area contributed by atoms with Crippen molar-refractivity contribution in [3.63, 3.8) is 0 Å². The average molecular weight is 251 g/mol. The van der Waals surface area contributed by atoms with Crippen LogP contribution in [0.15, 0.2) is 16.9 Å². The number of aromatic nitrogens is 1. The third kappa shape index (κ3) is 2.50. The summed E-state index contributed by atoms with van der Waals surface area (Å²) in [6, 6.07) is 2.45. The summed E-state index contributed by atoms with van der Waals surface area (Å²) < 4.78 is 6.01. The first-order valence-electron chi connectivity index (χ1n) is 5.74. The van der Waals surface area contributed by atoms with Crippen LogP contribution >= 0.6 is 0 Å². The third-order valence-corrected chi connectivity index (χ3v) is 2.87. The zero-order valence-corrected chi connectivity index (χ0v) is 11.0. The highest BCUT2D eigenvalue weighted by atomic mass is 16.5. The molecule has 18 heavy (non-hydrogen) atoms. The first-order valence-corrected chi connectivity index (χ1v) is 5.74. The first-order chi connectivity index (χ1) is 8.43. The molecular formula is C13H17NO4. The molecule has 0 aromatic carbocycles. The van der Waals surface area contributed by atoms with Gasteiger partial charge in [-0.1, -0.05) is 6.92 Å². The number of carbonyl (C=O) groups is 2. The third-order valence-electron chi connectivity index (χ3n) is 2.87. The van der Waals surface area contributed by atoms with E-state index >= 15 is 0 Å². The van der Waals surface area contributed by atoms with Gasteiger partial charge in [0.1, 0.15) is 6.04 Å². The molecule has 1 aromatic heterocycles. The summed E-state index contributed by atoms with van der Waals surface area (Å²) in [5.41, 5.74) is 0.268. The van der Waals surface area contributed by atoms with Gasteiger partial charge in [0, 0.05) is 5.69 Å². The molecule has 0 N–H and O–H groups in total. The fourth-order valence-corrected chi connectivity index (χ4v) is 1.89. The van der Waals surface area contributed by atoms with Crippen molar-refractivity contribution in [2.45, 2.75) is 33.2 Å². The second-order valence-electron chi connectivity index (χ2n) is 4.07. The lowest BCUT2D eigenvalue weighted by Crippen LogP contribution is -2.34. The molecule has 0 bridgehead atoms. The Morgan fingerprint density at radius 3 is 2.44 bits per heavy atom. The number of Topliss-reactive ketones (excluding diaryl/α,β-unsaturated/α-hetero) is 1. The van der Waals surface area contributed by atoms with Crippen LogP contribution in [-0.4, -0.2) is 23.4 Å². The van der Waals surface area contributed by atoms with Gasteiger partial charge >= 0.3 is 5.97 Å². The van der Waals surface area contributed by atoms with Gasteiger partial charge in [-0.05, 0) is 32.4 Å². The average Bonchev–Trinajstić information content (AvgIpc) is 2.33. The molecule has 98 valence electrons. The number of nitrogens with zero attached hydrogens (tertiary/aromatic N) is 1. The summed E-state index contributed by atoms with van der Waals surface area (Å²) in [4.78, 5) is 35.2. The van der Waals surface area contributed by atoms with E-state index in [0.717, 1.165) is 0 Å². The summed E-state index contributed by atoms with van der Waals surface area (Å²) >= 11 is 0. The van der Waals surface area contributed by atoms with Crippen LogP contribution in [0.4, 0.5) is 0 Å². The van der Waals surface area contributed by atoms with Gasteiger partial charge in [0.25, 0.3) is 5.56 Å². The number of ketones is 1. The zero-order chi connectivity index (χ0) is 13.9. The smallest absolute Gasteiger partial charge is 0.328 e. The Labute approximate surface area is 105 Å². The highest BCUT2D eigenvalue weighted by Gasteiger charge is 2.23. The molecule has 0 spiro atoms. The number of aryl methyl sites for hydroxylation is 1. The predicted octanol–water partition coefficient (Wildman–Crippen LogP) is 1.48. The minimum atomic E-state index is -0.693. The van der Waals surface area contributed by atoms with E-state index < -0.39 is 17.6 Å². The lowest BCUT2D eigenvalue weighted by Gasteiger charge is -2.19. The molecule has 0 fully saturated rings. The Bertz CT molecular complexity index is 530. The van der Waals surface area contributed by atoms with Crippen LogP contribution in [0.2, 0.25) is 0 Å². The molecule has 0 aliphatic carbocycles. The number of rotatable bonds is 4. The molecule has 1 rings (SSSR count). The molecule has 1 heterocycles. The van der Waals surface area contributed by atoms with E-state index in [1.807, 2.05) is 0 Å². The van der Waals surface area contributed by atoms with Crippen molar-refractivity contribution in [3.8, 4) is 0 Å². The zero-order valence-electron chi connectivity index (χ0n) is 11.0. The molecule has 0 aliphatic heterocycles. The number of methoxy groups -OCH3 is 1. The number of carbonyl (C=O) groups excluding carboxylic acids is 2. The largest absolute Gasteiger partial charge is 0.467 e. The van der Waals surface area contributed by atoms with E-state index in [-0.39, 0.29) is 11.3 Å². The van der Waals surface area contributed by atoms with Crippen LogP contribution in [0.1, 0.15) is 42.4 Å². The van der Waals surface area contributed by atoms with Crippen molar-refractivity contribution in [2.24, 2.45) is 0 Å². The van der Waals surface area contributed by atoms with Crippen molar-refractivity contribution in [2.75, 3.05) is 7.11 Å². The number of hydrogen-bond donors (Lipinski definition) is 0. The minimum Gasteiger partial charge on any atom is -0.467 e. The topological polar surface area (TPSA) is 65.4 Å². The Balaban J connectivity index is 3.47. The number of pyridine rings is 1. The van der Waals surface area contributed by atoms with Crippen LogP contribution < -0.4 is 5.56 Å². The summed E-state index contributed by atoms with van der Waals surface area (Å²) in [6.07, 6.45) is 0.425. The van der Waals surface area contributed by atoms with E-state index in [2.05, 4.69) is 4.74 Å². The number of hydrogen-bond acceptors (Lipinski definition) is 4. The second kappa shape index (κ2) is 5.62. The van der Waals surface area contributed by atoms with Crippen molar-refractivity contribution in [1.82, 2.24) is 4.57 Å². The summed E-state index contributed by atoms with van der Waals surface area (Å²) in [5.74, 6) is -0.795. The Kier molecular flexibility index (Phi) is 4.42. The van der Waals surface area contributed by atoms with E-state index in [4.69, 9.17) is 0 Å². The molecule has 5 nitrogen and oxygen atoms in total. The van der Waals surface area contributed by atoms with E-state index in [1.54, 1.807) is 19.9 Å². The standard InChI is InChI=1S/C13H17NO4/c1-5-11(13(17)18-4)14-8(2)6-7-10(9(3)15)12(14)16/h6-7,11H,5H2,1-4H3. The maximum Gasteiger partial charge on any atom is 0.328 e. The monoisotopic (exact) mass is 251 g/mol. The van der Waals surface area contributed by atoms with Gasteiger partial charge in [-0.2, -0.15) is 0 Å². The Morgan fingerprint density at radius 2 is 2.00 bits per heavy atom. The minimum absolute atomic E-state index is 0.0861. The molecule has 1 atom stereocenters. The maximum atomic E-state index is 12.2. The molecular weight excluding hydrogens is 234 g/mol. The molecule has 0 saturated carbocycles. The van der Waals surface area contributed by atoms with Gasteiger partial charge in [0.15, 0.2) is 5.78 Å². The Morgan fingerprint density at radius 1 is 1.39 bits per heavy atom. The van der Waals surface area contributed by atoms with E-state index in [1.165, 1.54) is 24.7 Å². The fraction of sp³-hybridized carbons (Fsp3) is 0.462. The predicted molar refractivity (Wildman–Crippen MR) is 66.8 cm³/mol. The van der Waals surface area contributed by atoms with Crippen LogP contribution in [0.5, 0.6) is 0 Å². The quantitative estimate of drug-likeness (QED) is 0.600. The molecule has 5 heteroatoms. The fourth-order valence-electron chi connectivity index (χ4n) is 1.89. The summed E-state index contributed by atoms with van der Waals surface area (Å²) in [6.45, 7) is 4.83. The molecule has 0 aliphatic rings. The molecule has 0 saturated heterocycles. The first kappa shape index (κ1) is 14.2. The van der Waals surface area contributed by atoms with Crippen LogP contribution in [0.3, 0.4) is 0 Å². The molecule has 0 amide bonds. The lowest BCUT2D eigenvalue weighted by atomic mass is 10.1. The van der Waals surface area contributed by atoms with Gasteiger partial charge in [-0.25, -0.2) is 4.79 Å². The highest BCUT2D eigenvalue weighted by molar-refractivity contribution is 5.93. The molecule has 0 radical (unpaired) electrons. The van der Waals surface area contributed by atoms with Crippen molar-refractivity contribution < 1.29 is 14.3 Å². The lowest BCUT2D eigenvalue weighted by molar-refractivity contribution is -0.144. The summed E-state index contributed by atoms with van der Waals surface area (Å²) in [7, 11) is 1.28. The van der Waals surface area contributed by atoms with E-state index in [9.17, 15) is 14.4 Å². The van der Waals surface area contributed by atoms with Gasteiger partial charge in [0.2, 0.25) is 0 Å². The molecule has 1 unspecified atom stereocenters. The number of ether oxygens (including phenoxy) is 1. The number of esters is 1. The van der Waals surface area contributed by atoms with E-state index in [0.29, 0.717) is 12.1 Å². The normalized spacial score (nSPS) is 12.0. The van der Waals surface area contributed by atoms with Gasteiger partial charge in [-0.3, -0.25) is 14.2 Å². The highest BCUT2D eigenvalue weighted by Crippen LogP contribution is 2.14. The van der Waals surface area contributed by atoms with Gasteiger partial charge < -0.3 is 4.74 Å².